The Morgan fingerprint density at radius 3 is 2.62 bits per heavy atom. The van der Waals surface area contributed by atoms with Crippen LogP contribution in [0.5, 0.6) is 0 Å². The van der Waals surface area contributed by atoms with Crippen molar-refractivity contribution in [3.05, 3.63) is 41.9 Å². The van der Waals surface area contributed by atoms with Crippen LogP contribution in [-0.4, -0.2) is 35.0 Å². The molecule has 1 aromatic heterocycles. The molecule has 1 aromatic rings. The molecule has 0 aliphatic rings. The molecular formula is C14H19F3N2O2. The first-order chi connectivity index (χ1) is 9.78. The summed E-state index contributed by atoms with van der Waals surface area (Å²) >= 11 is 0. The van der Waals surface area contributed by atoms with Crippen LogP contribution >= 0.6 is 0 Å². The van der Waals surface area contributed by atoms with E-state index in [1.165, 1.54) is 0 Å². The molecule has 0 aliphatic heterocycles. The van der Waals surface area contributed by atoms with Crippen LogP contribution in [-0.2, 0) is 11.3 Å². The van der Waals surface area contributed by atoms with E-state index in [4.69, 9.17) is 4.74 Å². The van der Waals surface area contributed by atoms with Crippen molar-refractivity contribution in [2.24, 2.45) is 0 Å². The van der Waals surface area contributed by atoms with Crippen molar-refractivity contribution in [1.29, 1.82) is 0 Å². The predicted molar refractivity (Wildman–Crippen MR) is 72.5 cm³/mol. The molecule has 2 N–H and O–H groups in total. The van der Waals surface area contributed by atoms with Gasteiger partial charge in [-0.25, -0.2) is 0 Å². The summed E-state index contributed by atoms with van der Waals surface area (Å²) in [5, 5.41) is 12.3. The number of pyridine rings is 1. The first-order valence-electron chi connectivity index (χ1n) is 6.49. The first kappa shape index (κ1) is 17.5. The Morgan fingerprint density at radius 2 is 2.10 bits per heavy atom. The Morgan fingerprint density at radius 1 is 1.38 bits per heavy atom. The highest BCUT2D eigenvalue weighted by molar-refractivity contribution is 5.12. The van der Waals surface area contributed by atoms with Crippen LogP contribution in [0.4, 0.5) is 13.2 Å². The molecule has 0 aromatic carbocycles. The highest BCUT2D eigenvalue weighted by atomic mass is 19.4. The molecule has 1 atom stereocenters. The second-order valence-corrected chi connectivity index (χ2v) is 4.61. The molecule has 4 nitrogen and oxygen atoms in total. The van der Waals surface area contributed by atoms with E-state index in [2.05, 4.69) is 10.3 Å². The van der Waals surface area contributed by atoms with Gasteiger partial charge in [-0.15, -0.1) is 0 Å². The van der Waals surface area contributed by atoms with Gasteiger partial charge >= 0.3 is 6.18 Å². The van der Waals surface area contributed by atoms with Crippen molar-refractivity contribution in [2.75, 3.05) is 13.2 Å². The van der Waals surface area contributed by atoms with Crippen LogP contribution < -0.4 is 5.32 Å². The van der Waals surface area contributed by atoms with Gasteiger partial charge in [-0.05, 0) is 31.6 Å². The van der Waals surface area contributed by atoms with Crippen LogP contribution in [0, 0.1) is 6.92 Å². The van der Waals surface area contributed by atoms with Gasteiger partial charge in [0.05, 0.1) is 18.6 Å². The quantitative estimate of drug-likeness (QED) is 0.759. The fraction of sp³-hybridized carbons (Fsp3) is 0.500. The molecule has 118 valence electrons. The monoisotopic (exact) mass is 304 g/mol. The van der Waals surface area contributed by atoms with Gasteiger partial charge in [0, 0.05) is 19.3 Å². The number of aromatic nitrogens is 1. The van der Waals surface area contributed by atoms with Crippen LogP contribution in [0.1, 0.15) is 18.2 Å². The number of rotatable bonds is 7. The number of ether oxygens (including phenoxy) is 1. The smallest absolute Gasteiger partial charge is 0.422 e. The molecule has 0 aliphatic carbocycles. The summed E-state index contributed by atoms with van der Waals surface area (Å²) in [6.07, 6.45) is -1.71. The molecule has 7 heteroatoms. The summed E-state index contributed by atoms with van der Waals surface area (Å²) in [6.45, 7) is 3.17. The summed E-state index contributed by atoms with van der Waals surface area (Å²) < 4.78 is 43.4. The van der Waals surface area contributed by atoms with Gasteiger partial charge in [0.25, 0.3) is 0 Å². The van der Waals surface area contributed by atoms with Crippen molar-refractivity contribution in [2.45, 2.75) is 32.2 Å². The van der Waals surface area contributed by atoms with E-state index < -0.39 is 18.3 Å². The Labute approximate surface area is 121 Å². The second-order valence-electron chi connectivity index (χ2n) is 4.61. The van der Waals surface area contributed by atoms with E-state index in [9.17, 15) is 18.3 Å². The van der Waals surface area contributed by atoms with Gasteiger partial charge in [0.1, 0.15) is 0 Å². The number of nitrogens with zero attached hydrogens (tertiary/aromatic N) is 1. The molecule has 0 amide bonds. The lowest BCUT2D eigenvalue weighted by Gasteiger charge is -2.27. The van der Waals surface area contributed by atoms with Crippen molar-refractivity contribution in [1.82, 2.24) is 10.3 Å². The van der Waals surface area contributed by atoms with Gasteiger partial charge in [0.15, 0.2) is 5.60 Å². The third-order valence-corrected chi connectivity index (χ3v) is 2.77. The highest BCUT2D eigenvalue weighted by Crippen LogP contribution is 2.31. The maximum Gasteiger partial charge on any atom is 0.422 e. The fourth-order valence-corrected chi connectivity index (χ4v) is 1.49. The molecule has 0 spiro atoms. The summed E-state index contributed by atoms with van der Waals surface area (Å²) in [7, 11) is 0. The molecule has 0 fully saturated rings. The number of halogens is 3. The third-order valence-electron chi connectivity index (χ3n) is 2.77. The first-order valence-corrected chi connectivity index (χ1v) is 6.49. The van der Waals surface area contributed by atoms with Crippen LogP contribution in [0.2, 0.25) is 0 Å². The van der Waals surface area contributed by atoms with Gasteiger partial charge in [-0.3, -0.25) is 4.98 Å². The summed E-state index contributed by atoms with van der Waals surface area (Å²) in [5.41, 5.74) is -1.42. The van der Waals surface area contributed by atoms with Crippen LogP contribution in [0.15, 0.2) is 30.7 Å². The Hall–Kier alpha value is -1.60. The number of alkyl halides is 3. The number of nitrogens with one attached hydrogen (secondary N) is 1. The topological polar surface area (TPSA) is 54.4 Å². The van der Waals surface area contributed by atoms with Crippen molar-refractivity contribution in [3.63, 3.8) is 0 Å². The minimum Gasteiger partial charge on any atom is -0.502 e. The molecule has 1 rings (SSSR count). The number of aliphatic hydroxyl groups is 1. The fourth-order valence-electron chi connectivity index (χ4n) is 1.49. The Bertz CT molecular complexity index is 460. The number of aryl methyl sites for hydroxylation is 1. The maximum atomic E-state index is 12.9. The molecule has 0 radical (unpaired) electrons. The standard InChI is InChI=1S/C14H19F3N2O2/c1-3-21-7-6-13(20,14(15,16)17)10-18-9-12-5-4-11(2)8-19-12/h4-8,18,20H,3,9-10H2,1-2H3/b7-6+. The zero-order chi connectivity index (χ0) is 15.9. The van der Waals surface area contributed by atoms with E-state index in [-0.39, 0.29) is 13.2 Å². The molecule has 21 heavy (non-hydrogen) atoms. The van der Waals surface area contributed by atoms with E-state index >= 15 is 0 Å². The Kier molecular flexibility index (Phi) is 6.17. The summed E-state index contributed by atoms with van der Waals surface area (Å²) in [4.78, 5) is 4.07. The third kappa shape index (κ3) is 5.35. The highest BCUT2D eigenvalue weighted by Gasteiger charge is 2.51. The summed E-state index contributed by atoms with van der Waals surface area (Å²) in [5.74, 6) is 0. The van der Waals surface area contributed by atoms with Crippen LogP contribution in [0.25, 0.3) is 0 Å². The van der Waals surface area contributed by atoms with Gasteiger partial charge in [0.2, 0.25) is 0 Å². The summed E-state index contributed by atoms with van der Waals surface area (Å²) in [6, 6.07) is 3.53. The van der Waals surface area contributed by atoms with E-state index in [1.54, 1.807) is 19.2 Å². The number of hydrogen-bond acceptors (Lipinski definition) is 4. The lowest BCUT2D eigenvalue weighted by molar-refractivity contribution is -0.238. The largest absolute Gasteiger partial charge is 0.502 e. The maximum absolute atomic E-state index is 12.9. The molecular weight excluding hydrogens is 285 g/mol. The lowest BCUT2D eigenvalue weighted by Crippen LogP contribution is -2.51. The minimum atomic E-state index is -4.80. The van der Waals surface area contributed by atoms with E-state index in [0.29, 0.717) is 11.8 Å². The van der Waals surface area contributed by atoms with E-state index in [1.807, 2.05) is 13.0 Å². The zero-order valence-electron chi connectivity index (χ0n) is 11.9. The Balaban J connectivity index is 2.63. The molecule has 1 unspecified atom stereocenters. The predicted octanol–water partition coefficient (Wildman–Crippen LogP) is 2.32. The second kappa shape index (κ2) is 7.42. The van der Waals surface area contributed by atoms with Gasteiger partial charge < -0.3 is 15.2 Å². The zero-order valence-corrected chi connectivity index (χ0v) is 11.9. The van der Waals surface area contributed by atoms with Crippen molar-refractivity contribution < 1.29 is 23.0 Å². The number of hydrogen-bond donors (Lipinski definition) is 2. The van der Waals surface area contributed by atoms with E-state index in [0.717, 1.165) is 11.8 Å². The SMILES string of the molecule is CCO/C=C/C(O)(CNCc1ccc(C)cn1)C(F)(F)F. The molecule has 0 saturated carbocycles. The van der Waals surface area contributed by atoms with Crippen molar-refractivity contribution in [3.8, 4) is 0 Å². The average Bonchev–Trinajstić information content (AvgIpc) is 2.40. The average molecular weight is 304 g/mol. The van der Waals surface area contributed by atoms with Crippen LogP contribution in [0.3, 0.4) is 0 Å². The van der Waals surface area contributed by atoms with Gasteiger partial charge in [-0.1, -0.05) is 6.07 Å². The molecule has 1 heterocycles. The lowest BCUT2D eigenvalue weighted by atomic mass is 10.0. The molecule has 0 saturated heterocycles. The van der Waals surface area contributed by atoms with Gasteiger partial charge in [-0.2, -0.15) is 13.2 Å². The van der Waals surface area contributed by atoms with Crippen molar-refractivity contribution >= 4 is 0 Å². The minimum absolute atomic E-state index is 0.126. The normalized spacial score (nSPS) is 15.1. The molecule has 0 bridgehead atoms.